The third kappa shape index (κ3) is 4.03. The number of benzene rings is 2. The van der Waals surface area contributed by atoms with Gasteiger partial charge in [-0.05, 0) is 48.1 Å². The van der Waals surface area contributed by atoms with Crippen LogP contribution >= 0.6 is 11.3 Å². The van der Waals surface area contributed by atoms with Crippen LogP contribution in [0.2, 0.25) is 0 Å². The van der Waals surface area contributed by atoms with Crippen LogP contribution in [0.5, 0.6) is 0 Å². The van der Waals surface area contributed by atoms with Crippen LogP contribution in [0.3, 0.4) is 0 Å². The zero-order valence-electron chi connectivity index (χ0n) is 18.0. The minimum Gasteiger partial charge on any atom is -0.371 e. The summed E-state index contributed by atoms with van der Waals surface area (Å²) in [5.74, 6) is 0.701. The number of anilines is 1. The quantitative estimate of drug-likeness (QED) is 0.427. The van der Waals surface area contributed by atoms with Gasteiger partial charge in [-0.25, -0.2) is 9.67 Å². The molecule has 0 unspecified atom stereocenters. The van der Waals surface area contributed by atoms with Crippen LogP contribution in [-0.4, -0.2) is 45.7 Å². The average molecular weight is 444 g/mol. The van der Waals surface area contributed by atoms with Crippen molar-refractivity contribution < 1.29 is 4.79 Å². The smallest absolute Gasteiger partial charge is 0.293 e. The van der Waals surface area contributed by atoms with Crippen LogP contribution < -0.4 is 4.90 Å². The second kappa shape index (κ2) is 8.96. The Hall–Kier alpha value is -3.45. The van der Waals surface area contributed by atoms with E-state index in [1.54, 1.807) is 20.9 Å². The molecule has 0 atom stereocenters. The first-order valence-electron chi connectivity index (χ1n) is 10.9. The maximum atomic E-state index is 13.3. The van der Waals surface area contributed by atoms with E-state index in [0.717, 1.165) is 29.2 Å². The van der Waals surface area contributed by atoms with Gasteiger partial charge in [-0.3, -0.25) is 4.79 Å². The molecule has 5 rings (SSSR count). The van der Waals surface area contributed by atoms with E-state index in [-0.39, 0.29) is 11.7 Å². The summed E-state index contributed by atoms with van der Waals surface area (Å²) in [5, 5.41) is 6.61. The van der Waals surface area contributed by atoms with Crippen LogP contribution in [0.4, 0.5) is 5.69 Å². The van der Waals surface area contributed by atoms with E-state index in [0.29, 0.717) is 12.4 Å². The van der Waals surface area contributed by atoms with E-state index in [2.05, 4.69) is 33.2 Å². The number of rotatable bonds is 6. The number of para-hydroxylation sites is 2. The van der Waals surface area contributed by atoms with Gasteiger partial charge < -0.3 is 9.80 Å². The largest absolute Gasteiger partial charge is 0.371 e. The standard InChI is InChI=1S/C25H25N5OS/c1-28(18-19-10-5-6-13-21(19)29-15-7-8-16-29)25(31)23-26-24(22-14-9-17-32-22)30(27-23)20-11-3-2-4-12-20/h2-6,9-14,17H,7-8,15-16,18H2,1H3. The van der Waals surface area contributed by atoms with Crippen molar-refractivity contribution in [2.24, 2.45) is 0 Å². The highest BCUT2D eigenvalue weighted by molar-refractivity contribution is 7.13. The zero-order valence-corrected chi connectivity index (χ0v) is 18.8. The maximum absolute atomic E-state index is 13.3. The summed E-state index contributed by atoms with van der Waals surface area (Å²) in [4.78, 5) is 23.1. The molecule has 32 heavy (non-hydrogen) atoms. The van der Waals surface area contributed by atoms with Crippen molar-refractivity contribution in [1.29, 1.82) is 0 Å². The van der Waals surface area contributed by atoms with Crippen molar-refractivity contribution >= 4 is 22.9 Å². The SMILES string of the molecule is CN(Cc1ccccc1N1CCCC1)C(=O)c1nc(-c2cccs2)n(-c2ccccc2)n1. The molecule has 4 aromatic rings. The first-order valence-corrected chi connectivity index (χ1v) is 11.7. The topological polar surface area (TPSA) is 54.3 Å². The molecule has 2 aromatic carbocycles. The predicted octanol–water partition coefficient (Wildman–Crippen LogP) is 4.87. The van der Waals surface area contributed by atoms with Gasteiger partial charge in [-0.1, -0.05) is 42.5 Å². The number of nitrogens with zero attached hydrogens (tertiary/aromatic N) is 5. The van der Waals surface area contributed by atoms with Crippen LogP contribution in [0.1, 0.15) is 29.0 Å². The highest BCUT2D eigenvalue weighted by Gasteiger charge is 2.23. The predicted molar refractivity (Wildman–Crippen MR) is 128 cm³/mol. The molecule has 0 N–H and O–H groups in total. The number of aromatic nitrogens is 3. The second-order valence-electron chi connectivity index (χ2n) is 7.97. The summed E-state index contributed by atoms with van der Waals surface area (Å²) < 4.78 is 1.76. The monoisotopic (exact) mass is 443 g/mol. The number of carbonyl (C=O) groups excluding carboxylic acids is 1. The van der Waals surface area contributed by atoms with E-state index in [4.69, 9.17) is 0 Å². The Balaban J connectivity index is 1.44. The van der Waals surface area contributed by atoms with Gasteiger partial charge in [0.1, 0.15) is 0 Å². The fourth-order valence-corrected chi connectivity index (χ4v) is 4.82. The van der Waals surface area contributed by atoms with Crippen molar-refractivity contribution in [1.82, 2.24) is 19.7 Å². The van der Waals surface area contributed by atoms with Gasteiger partial charge in [0.25, 0.3) is 5.91 Å². The van der Waals surface area contributed by atoms with Crippen molar-refractivity contribution in [3.05, 3.63) is 83.5 Å². The average Bonchev–Trinajstić information content (AvgIpc) is 3.61. The maximum Gasteiger partial charge on any atom is 0.293 e. The third-order valence-electron chi connectivity index (χ3n) is 5.73. The second-order valence-corrected chi connectivity index (χ2v) is 8.92. The van der Waals surface area contributed by atoms with Gasteiger partial charge in [0.05, 0.1) is 10.6 Å². The summed E-state index contributed by atoms with van der Waals surface area (Å²) >= 11 is 1.58. The summed E-state index contributed by atoms with van der Waals surface area (Å²) in [6, 6.07) is 22.1. The molecule has 0 radical (unpaired) electrons. The van der Waals surface area contributed by atoms with Crippen molar-refractivity contribution in [2.75, 3.05) is 25.0 Å². The Morgan fingerprint density at radius 3 is 2.50 bits per heavy atom. The third-order valence-corrected chi connectivity index (χ3v) is 6.60. The van der Waals surface area contributed by atoms with E-state index >= 15 is 0 Å². The van der Waals surface area contributed by atoms with Crippen LogP contribution in [0.15, 0.2) is 72.1 Å². The van der Waals surface area contributed by atoms with Crippen molar-refractivity contribution in [2.45, 2.75) is 19.4 Å². The van der Waals surface area contributed by atoms with Crippen molar-refractivity contribution in [3.63, 3.8) is 0 Å². The van der Waals surface area contributed by atoms with Gasteiger partial charge in [0.2, 0.25) is 5.82 Å². The minimum absolute atomic E-state index is 0.186. The van der Waals surface area contributed by atoms with Gasteiger partial charge in [-0.2, -0.15) is 0 Å². The zero-order chi connectivity index (χ0) is 21.9. The molecule has 162 valence electrons. The first kappa shape index (κ1) is 20.5. The number of hydrogen-bond acceptors (Lipinski definition) is 5. The fourth-order valence-electron chi connectivity index (χ4n) is 4.13. The normalized spacial score (nSPS) is 13.5. The molecular formula is C25H25N5OS. The molecule has 7 heteroatoms. The summed E-state index contributed by atoms with van der Waals surface area (Å²) in [5.41, 5.74) is 3.24. The van der Waals surface area contributed by atoms with Gasteiger partial charge in [0.15, 0.2) is 5.82 Å². The number of carbonyl (C=O) groups is 1. The Morgan fingerprint density at radius 2 is 1.75 bits per heavy atom. The lowest BCUT2D eigenvalue weighted by atomic mass is 10.1. The number of amides is 1. The van der Waals surface area contributed by atoms with Gasteiger partial charge in [0, 0.05) is 32.4 Å². The van der Waals surface area contributed by atoms with Crippen LogP contribution in [0.25, 0.3) is 16.4 Å². The fraction of sp³-hybridized carbons (Fsp3) is 0.240. The van der Waals surface area contributed by atoms with Crippen molar-refractivity contribution in [3.8, 4) is 16.4 Å². The Morgan fingerprint density at radius 1 is 1.00 bits per heavy atom. The molecule has 3 heterocycles. The molecular weight excluding hydrogens is 418 g/mol. The first-order chi connectivity index (χ1) is 15.7. The lowest BCUT2D eigenvalue weighted by Crippen LogP contribution is -2.29. The molecule has 1 saturated heterocycles. The molecule has 0 aliphatic carbocycles. The summed E-state index contributed by atoms with van der Waals surface area (Å²) in [6.07, 6.45) is 2.44. The molecule has 0 bridgehead atoms. The van der Waals surface area contributed by atoms with E-state index in [1.807, 2.05) is 61.0 Å². The van der Waals surface area contributed by atoms with E-state index in [1.165, 1.54) is 18.5 Å². The Bertz CT molecular complexity index is 1200. The van der Waals surface area contributed by atoms with Crippen LogP contribution in [-0.2, 0) is 6.54 Å². The molecule has 1 aliphatic rings. The summed E-state index contributed by atoms with van der Waals surface area (Å²) in [7, 11) is 1.82. The molecule has 2 aromatic heterocycles. The van der Waals surface area contributed by atoms with E-state index < -0.39 is 0 Å². The Kier molecular flexibility index (Phi) is 5.73. The number of thiophene rings is 1. The molecule has 0 saturated carbocycles. The number of hydrogen-bond donors (Lipinski definition) is 0. The Labute approximate surface area is 191 Å². The minimum atomic E-state index is -0.186. The molecule has 6 nitrogen and oxygen atoms in total. The molecule has 1 fully saturated rings. The highest BCUT2D eigenvalue weighted by Crippen LogP contribution is 2.27. The van der Waals surface area contributed by atoms with E-state index in [9.17, 15) is 4.79 Å². The molecule has 1 aliphatic heterocycles. The highest BCUT2D eigenvalue weighted by atomic mass is 32.1. The lowest BCUT2D eigenvalue weighted by Gasteiger charge is -2.24. The van der Waals surface area contributed by atoms with Gasteiger partial charge >= 0.3 is 0 Å². The van der Waals surface area contributed by atoms with Gasteiger partial charge in [-0.15, -0.1) is 16.4 Å². The lowest BCUT2D eigenvalue weighted by molar-refractivity contribution is 0.0773. The van der Waals surface area contributed by atoms with Crippen LogP contribution in [0, 0.1) is 0 Å². The summed E-state index contributed by atoms with van der Waals surface area (Å²) in [6.45, 7) is 2.66. The molecule has 0 spiro atoms. The molecule has 1 amide bonds.